The Morgan fingerprint density at radius 1 is 0.816 bits per heavy atom. The molecule has 2 fully saturated rings. The summed E-state index contributed by atoms with van der Waals surface area (Å²) in [6.07, 6.45) is 6.08. The first-order valence-electron chi connectivity index (χ1n) is 13.9. The maximum absolute atomic E-state index is 12.6. The third-order valence-electron chi connectivity index (χ3n) is 6.89. The highest BCUT2D eigenvalue weighted by Crippen LogP contribution is 2.22. The van der Waals surface area contributed by atoms with Crippen LogP contribution in [0.4, 0.5) is 0 Å². The molecule has 2 rings (SSSR count). The summed E-state index contributed by atoms with van der Waals surface area (Å²) < 4.78 is 16.0. The molecular formula is C28H49N3O7. The van der Waals surface area contributed by atoms with Crippen LogP contribution in [0, 0.1) is 0 Å². The molecule has 0 saturated carbocycles. The first kappa shape index (κ1) is 32.0. The van der Waals surface area contributed by atoms with Gasteiger partial charge in [-0.25, -0.2) is 0 Å². The number of hydrogen-bond donors (Lipinski definition) is 2. The van der Waals surface area contributed by atoms with Gasteiger partial charge in [0.15, 0.2) is 0 Å². The fraction of sp³-hybridized carbons (Fsp3) is 0.857. The lowest BCUT2D eigenvalue weighted by molar-refractivity contribution is -0.165. The number of nitrogens with one attached hydrogen (secondary N) is 2. The van der Waals surface area contributed by atoms with E-state index < -0.39 is 16.6 Å². The Kier molecular flexibility index (Phi) is 11.2. The average Bonchev–Trinajstić information content (AvgIpc) is 2.79. The molecule has 1 amide bonds. The largest absolute Gasteiger partial charge is 0.464 e. The van der Waals surface area contributed by atoms with E-state index in [1.165, 1.54) is 0 Å². The number of morpholine rings is 1. The minimum absolute atomic E-state index is 0.0213. The minimum atomic E-state index is -0.809. The van der Waals surface area contributed by atoms with Gasteiger partial charge < -0.3 is 19.1 Å². The maximum atomic E-state index is 12.6. The summed E-state index contributed by atoms with van der Waals surface area (Å²) in [7, 11) is 0. The molecule has 0 radical (unpaired) electrons. The number of cyclic esters (lactones) is 1. The van der Waals surface area contributed by atoms with Crippen LogP contribution in [0.15, 0.2) is 0 Å². The van der Waals surface area contributed by atoms with Crippen LogP contribution in [0.25, 0.3) is 0 Å². The van der Waals surface area contributed by atoms with Crippen LogP contribution in [0.5, 0.6) is 0 Å². The van der Waals surface area contributed by atoms with Crippen molar-refractivity contribution in [2.24, 2.45) is 0 Å². The van der Waals surface area contributed by atoms with E-state index in [9.17, 15) is 19.2 Å². The number of esters is 3. The molecule has 2 saturated heterocycles. The van der Waals surface area contributed by atoms with E-state index in [1.54, 1.807) is 18.7 Å². The van der Waals surface area contributed by atoms with Crippen LogP contribution in [0.2, 0.25) is 0 Å². The highest BCUT2D eigenvalue weighted by atomic mass is 16.6. The van der Waals surface area contributed by atoms with Crippen molar-refractivity contribution < 1.29 is 33.4 Å². The minimum Gasteiger partial charge on any atom is -0.464 e. The zero-order valence-electron chi connectivity index (χ0n) is 24.5. The van der Waals surface area contributed by atoms with E-state index in [0.29, 0.717) is 25.9 Å². The van der Waals surface area contributed by atoms with Crippen molar-refractivity contribution in [2.45, 2.75) is 122 Å². The summed E-state index contributed by atoms with van der Waals surface area (Å²) in [4.78, 5) is 50.3. The number of ether oxygens (including phenoxy) is 3. The van der Waals surface area contributed by atoms with E-state index in [2.05, 4.69) is 24.5 Å². The number of piperazine rings is 1. The normalized spacial score (nSPS) is 24.0. The molecule has 0 aliphatic carbocycles. The SMILES string of the molecule is CC1(C)CN(CCOC(=O)CCCCCCCCC(=O)OCC2(C)COC(=O)C(C)(C)N2)C(=O)C(C)(C)N1. The number of carbonyl (C=O) groups is 4. The van der Waals surface area contributed by atoms with Crippen molar-refractivity contribution in [1.82, 2.24) is 15.5 Å². The Morgan fingerprint density at radius 3 is 1.95 bits per heavy atom. The van der Waals surface area contributed by atoms with Crippen molar-refractivity contribution in [1.29, 1.82) is 0 Å². The van der Waals surface area contributed by atoms with E-state index in [4.69, 9.17) is 14.2 Å². The second-order valence-electron chi connectivity index (χ2n) is 12.7. The Hall–Kier alpha value is -2.20. The van der Waals surface area contributed by atoms with Gasteiger partial charge in [0, 0.05) is 24.9 Å². The van der Waals surface area contributed by atoms with Crippen LogP contribution < -0.4 is 10.6 Å². The Labute approximate surface area is 227 Å². The van der Waals surface area contributed by atoms with Gasteiger partial charge in [-0.15, -0.1) is 0 Å². The second-order valence-corrected chi connectivity index (χ2v) is 12.7. The quantitative estimate of drug-likeness (QED) is 0.195. The van der Waals surface area contributed by atoms with Gasteiger partial charge in [-0.2, -0.15) is 0 Å². The molecule has 2 N–H and O–H groups in total. The fourth-order valence-corrected chi connectivity index (χ4v) is 5.29. The van der Waals surface area contributed by atoms with Crippen LogP contribution in [0.1, 0.15) is 99.8 Å². The summed E-state index contributed by atoms with van der Waals surface area (Å²) in [5, 5.41) is 6.56. The number of unbranched alkanes of at least 4 members (excludes halogenated alkanes) is 5. The zero-order chi connectivity index (χ0) is 28.6. The molecular weight excluding hydrogens is 490 g/mol. The molecule has 0 aromatic rings. The Morgan fingerprint density at radius 2 is 1.37 bits per heavy atom. The number of nitrogens with zero attached hydrogens (tertiary/aromatic N) is 1. The predicted molar refractivity (Wildman–Crippen MR) is 143 cm³/mol. The molecule has 0 aromatic carbocycles. The maximum Gasteiger partial charge on any atom is 0.325 e. The second kappa shape index (κ2) is 13.2. The van der Waals surface area contributed by atoms with Gasteiger partial charge in [-0.05, 0) is 61.3 Å². The molecule has 0 aromatic heterocycles. The van der Waals surface area contributed by atoms with Gasteiger partial charge in [0.2, 0.25) is 5.91 Å². The summed E-state index contributed by atoms with van der Waals surface area (Å²) in [6.45, 7) is 14.8. The van der Waals surface area contributed by atoms with E-state index in [-0.39, 0.29) is 49.2 Å². The smallest absolute Gasteiger partial charge is 0.325 e. The van der Waals surface area contributed by atoms with E-state index in [0.717, 1.165) is 38.5 Å². The first-order valence-corrected chi connectivity index (χ1v) is 13.9. The molecule has 10 heteroatoms. The van der Waals surface area contributed by atoms with Crippen molar-refractivity contribution in [3.63, 3.8) is 0 Å². The van der Waals surface area contributed by atoms with Crippen molar-refractivity contribution in [3.05, 3.63) is 0 Å². The van der Waals surface area contributed by atoms with Gasteiger partial charge in [0.05, 0.1) is 17.6 Å². The lowest BCUT2D eigenvalue weighted by Crippen LogP contribution is -2.69. The fourth-order valence-electron chi connectivity index (χ4n) is 5.29. The predicted octanol–water partition coefficient (Wildman–Crippen LogP) is 2.87. The van der Waals surface area contributed by atoms with Crippen molar-refractivity contribution >= 4 is 23.8 Å². The number of carbonyl (C=O) groups excluding carboxylic acids is 4. The molecule has 1 atom stereocenters. The van der Waals surface area contributed by atoms with E-state index in [1.807, 2.05) is 20.8 Å². The molecule has 0 bridgehead atoms. The highest BCUT2D eigenvalue weighted by molar-refractivity contribution is 5.86. The van der Waals surface area contributed by atoms with Crippen LogP contribution >= 0.6 is 0 Å². The van der Waals surface area contributed by atoms with Gasteiger partial charge in [-0.1, -0.05) is 25.7 Å². The van der Waals surface area contributed by atoms with Gasteiger partial charge in [-0.3, -0.25) is 29.8 Å². The molecule has 1 unspecified atom stereocenters. The van der Waals surface area contributed by atoms with Gasteiger partial charge in [0.25, 0.3) is 0 Å². The summed E-state index contributed by atoms with van der Waals surface area (Å²) in [5.41, 5.74) is -2.23. The lowest BCUT2D eigenvalue weighted by Gasteiger charge is -2.47. The molecule has 218 valence electrons. The highest BCUT2D eigenvalue weighted by Gasteiger charge is 2.44. The van der Waals surface area contributed by atoms with Crippen LogP contribution in [0.3, 0.4) is 0 Å². The van der Waals surface area contributed by atoms with Crippen molar-refractivity contribution in [2.75, 3.05) is 32.9 Å². The van der Waals surface area contributed by atoms with E-state index >= 15 is 0 Å². The van der Waals surface area contributed by atoms with Gasteiger partial charge >= 0.3 is 17.9 Å². The summed E-state index contributed by atoms with van der Waals surface area (Å²) in [6, 6.07) is 0. The van der Waals surface area contributed by atoms with Gasteiger partial charge in [0.1, 0.15) is 25.4 Å². The standard InChI is InChI=1S/C28H49N3O7/c1-25(2)18-31(23(34)26(3,4)29-25)16-17-36-21(32)14-12-10-8-9-11-13-15-22(33)37-19-28(7)20-38-24(35)27(5,6)30-28/h29-30H,8-20H2,1-7H3. The first-order chi connectivity index (χ1) is 17.6. The molecule has 2 heterocycles. The molecule has 2 aliphatic heterocycles. The Balaban J connectivity index is 1.48. The lowest BCUT2D eigenvalue weighted by atomic mass is 9.91. The molecule has 38 heavy (non-hydrogen) atoms. The molecule has 0 spiro atoms. The third-order valence-corrected chi connectivity index (χ3v) is 6.89. The summed E-state index contributed by atoms with van der Waals surface area (Å²) in [5.74, 6) is -0.767. The molecule has 2 aliphatic rings. The topological polar surface area (TPSA) is 123 Å². The Bertz CT molecular complexity index is 855. The number of amides is 1. The monoisotopic (exact) mass is 539 g/mol. The average molecular weight is 540 g/mol. The summed E-state index contributed by atoms with van der Waals surface area (Å²) >= 11 is 0. The van der Waals surface area contributed by atoms with Crippen molar-refractivity contribution in [3.8, 4) is 0 Å². The number of hydrogen-bond acceptors (Lipinski definition) is 9. The van der Waals surface area contributed by atoms with Crippen LogP contribution in [-0.4, -0.2) is 83.8 Å². The van der Waals surface area contributed by atoms with Crippen LogP contribution in [-0.2, 0) is 33.4 Å². The zero-order valence-corrected chi connectivity index (χ0v) is 24.5. The number of rotatable bonds is 14. The third kappa shape index (κ3) is 10.2. The molecule has 10 nitrogen and oxygen atoms in total.